The zero-order chi connectivity index (χ0) is 50.5. The van der Waals surface area contributed by atoms with Gasteiger partial charge in [0, 0.05) is 24.0 Å². The zero-order valence-electron chi connectivity index (χ0n) is 39.7. The second-order valence-electron chi connectivity index (χ2n) is 17.8. The maximum absolute atomic E-state index is 15.0. The summed E-state index contributed by atoms with van der Waals surface area (Å²) in [4.78, 5) is 54.6. The van der Waals surface area contributed by atoms with E-state index < -0.39 is 123 Å². The van der Waals surface area contributed by atoms with E-state index in [0.29, 0.717) is 24.0 Å². The average molecular weight is 975 g/mol. The Labute approximate surface area is 406 Å². The first-order chi connectivity index (χ1) is 33.6. The van der Waals surface area contributed by atoms with Gasteiger partial charge in [0.2, 0.25) is 0 Å². The number of carbonyl (C=O) groups is 4. The minimum atomic E-state index is -2.26. The predicted octanol–water partition coefficient (Wildman–Crippen LogP) is 4.50. The van der Waals surface area contributed by atoms with Crippen molar-refractivity contribution < 1.29 is 66.6 Å². The minimum Gasteiger partial charge on any atom is -0.437 e. The Morgan fingerprint density at radius 2 is 0.957 bits per heavy atom. The topological polar surface area (TPSA) is 240 Å². The molecule has 0 unspecified atom stereocenters. The number of hydrogen-bond donors (Lipinski definition) is 6. The zero-order valence-corrected chi connectivity index (χ0v) is 39.7. The molecule has 6 rings (SSSR count). The third-order valence-electron chi connectivity index (χ3n) is 13.2. The van der Waals surface area contributed by atoms with E-state index in [1.807, 2.05) is 39.8 Å². The molecule has 0 heterocycles. The van der Waals surface area contributed by atoms with Gasteiger partial charge in [0.15, 0.2) is 25.8 Å². The van der Waals surface area contributed by atoms with Gasteiger partial charge in [-0.05, 0) is 46.2 Å². The number of nitrogens with one attached hydrogen (secondary N) is 2. The Hall–Kier alpha value is -5.70. The number of rotatable bonds is 25. The second-order valence-corrected chi connectivity index (χ2v) is 17.8. The second kappa shape index (κ2) is 25.4. The van der Waals surface area contributed by atoms with E-state index in [9.17, 15) is 38.2 Å². The maximum Gasteiger partial charge on any atom is 0.325 e. The molecule has 2 amide bonds. The summed E-state index contributed by atoms with van der Waals surface area (Å²) in [5.74, 6) is -4.98. The molecular formula is C52H64F2N4O12. The monoisotopic (exact) mass is 974 g/mol. The molecule has 4 aromatic carbocycles. The van der Waals surface area contributed by atoms with Crippen LogP contribution in [0.2, 0.25) is 0 Å². The molecule has 0 aliphatic heterocycles. The van der Waals surface area contributed by atoms with Crippen LogP contribution in [-0.4, -0.2) is 96.3 Å². The number of carbonyl (C=O) groups excluding carboxylic acids is 4. The number of fused-ring (bicyclic) bond motifs is 2. The Morgan fingerprint density at radius 3 is 1.33 bits per heavy atom. The molecule has 0 saturated carbocycles. The van der Waals surface area contributed by atoms with Crippen LogP contribution in [0.25, 0.3) is 0 Å². The summed E-state index contributed by atoms with van der Waals surface area (Å²) in [5, 5.41) is 29.9. The van der Waals surface area contributed by atoms with E-state index in [0.717, 1.165) is 11.1 Å². The van der Waals surface area contributed by atoms with E-state index in [2.05, 4.69) is 10.6 Å². The standard InChI is InChI=1S/C52H64F2N4O12/c1-5-29(3)41(55)51(63)69-27-67-39-23-31-15-7-11-19-35(31)43(39)57-49(61)47(65-25-33-17-9-13-21-37(33)53)45(59)46(60)48(66-26-34-18-10-14-22-38(34)54)50(62)58-44-36-20-12-8-16-32(36)24-40(44)68-28-70-52(64)42(56)30(4)6-2/h7-22,29-30,39-48,59-60H,5-6,23-28,55-56H2,1-4H3,(H,57,61)(H,58,62)/t29-,30-,39+,40+,41-,42-,43-,44-,45+,46+,47+,48+/m0/s1. The first kappa shape index (κ1) is 53.6. The van der Waals surface area contributed by atoms with Gasteiger partial charge in [0.05, 0.1) is 37.5 Å². The largest absolute Gasteiger partial charge is 0.437 e. The van der Waals surface area contributed by atoms with Crippen LogP contribution in [0.1, 0.15) is 86.0 Å². The Kier molecular flexibility index (Phi) is 19.5. The van der Waals surface area contributed by atoms with Gasteiger partial charge in [0.25, 0.3) is 11.8 Å². The van der Waals surface area contributed by atoms with Crippen molar-refractivity contribution in [1.82, 2.24) is 10.6 Å². The molecule has 0 fully saturated rings. The molecule has 18 heteroatoms. The van der Waals surface area contributed by atoms with Crippen LogP contribution in [0.4, 0.5) is 8.78 Å². The number of aliphatic hydroxyl groups is 2. The van der Waals surface area contributed by atoms with Crippen molar-refractivity contribution in [3.8, 4) is 0 Å². The molecule has 4 aromatic rings. The molecule has 0 bridgehead atoms. The number of aliphatic hydroxyl groups excluding tert-OH is 2. The van der Waals surface area contributed by atoms with E-state index in [4.69, 9.17) is 39.9 Å². The number of halogens is 2. The van der Waals surface area contributed by atoms with Crippen molar-refractivity contribution in [3.63, 3.8) is 0 Å². The van der Waals surface area contributed by atoms with Gasteiger partial charge in [-0.15, -0.1) is 0 Å². The lowest BCUT2D eigenvalue weighted by Gasteiger charge is -2.33. The highest BCUT2D eigenvalue weighted by atomic mass is 19.1. The lowest BCUT2D eigenvalue weighted by Crippen LogP contribution is -2.57. The normalized spacial score (nSPS) is 20.7. The molecule has 12 atom stereocenters. The summed E-state index contributed by atoms with van der Waals surface area (Å²) < 4.78 is 64.7. The highest BCUT2D eigenvalue weighted by Crippen LogP contribution is 2.35. The Morgan fingerprint density at radius 1 is 0.600 bits per heavy atom. The molecule has 8 N–H and O–H groups in total. The van der Waals surface area contributed by atoms with Crippen LogP contribution < -0.4 is 22.1 Å². The SMILES string of the molecule is CC[C@H](C)[C@H](N)C(=O)OCO[C@@H]1Cc2ccccc2[C@@H]1NC(=O)[C@H](OCc1ccccc1F)[C@H](O)[C@@H](O)[C@@H](OCc1ccccc1F)C(=O)N[C@H]1c2ccccc2C[C@H]1OCOC(=O)[C@@H](N)[C@@H](C)CC. The smallest absolute Gasteiger partial charge is 0.325 e. The highest BCUT2D eigenvalue weighted by molar-refractivity contribution is 5.84. The lowest BCUT2D eigenvalue weighted by molar-refractivity contribution is -0.174. The molecule has 2 aliphatic carbocycles. The third-order valence-corrected chi connectivity index (χ3v) is 13.2. The van der Waals surface area contributed by atoms with Crippen LogP contribution in [0, 0.1) is 23.5 Å². The van der Waals surface area contributed by atoms with Crippen LogP contribution in [0.15, 0.2) is 97.1 Å². The van der Waals surface area contributed by atoms with Crippen molar-refractivity contribution in [3.05, 3.63) is 142 Å². The van der Waals surface area contributed by atoms with Crippen LogP contribution in [0.3, 0.4) is 0 Å². The molecule has 16 nitrogen and oxygen atoms in total. The first-order valence-corrected chi connectivity index (χ1v) is 23.5. The van der Waals surface area contributed by atoms with Crippen LogP contribution in [0.5, 0.6) is 0 Å². The van der Waals surface area contributed by atoms with Gasteiger partial charge >= 0.3 is 11.9 Å². The van der Waals surface area contributed by atoms with Gasteiger partial charge in [0.1, 0.15) is 35.9 Å². The number of amides is 2. The van der Waals surface area contributed by atoms with E-state index >= 15 is 0 Å². The lowest BCUT2D eigenvalue weighted by atomic mass is 9.99. The van der Waals surface area contributed by atoms with E-state index in [1.165, 1.54) is 36.4 Å². The molecule has 0 spiro atoms. The number of hydrogen-bond acceptors (Lipinski definition) is 14. The fourth-order valence-electron chi connectivity index (χ4n) is 8.37. The van der Waals surface area contributed by atoms with Gasteiger partial charge in [-0.25, -0.2) is 8.78 Å². The van der Waals surface area contributed by atoms with Crippen molar-refractivity contribution >= 4 is 23.8 Å². The van der Waals surface area contributed by atoms with Crippen molar-refractivity contribution in [2.24, 2.45) is 23.3 Å². The quantitative estimate of drug-likeness (QED) is 0.0396. The van der Waals surface area contributed by atoms with E-state index in [1.54, 1.807) is 48.5 Å². The summed E-state index contributed by atoms with van der Waals surface area (Å²) in [6.07, 6.45) is -8.33. The van der Waals surface area contributed by atoms with Gasteiger partial charge < -0.3 is 60.7 Å². The molecular weight excluding hydrogens is 911 g/mol. The van der Waals surface area contributed by atoms with Crippen LogP contribution in [-0.2, 0) is 73.7 Å². The van der Waals surface area contributed by atoms with Crippen LogP contribution >= 0.6 is 0 Å². The number of ether oxygens (including phenoxy) is 6. The first-order valence-electron chi connectivity index (χ1n) is 23.5. The number of esters is 2. The fourth-order valence-corrected chi connectivity index (χ4v) is 8.37. The molecule has 2 aliphatic rings. The Bertz CT molecular complexity index is 2230. The Balaban J connectivity index is 1.26. The molecule has 378 valence electrons. The summed E-state index contributed by atoms with van der Waals surface area (Å²) in [7, 11) is 0. The fraction of sp³-hybridized carbons (Fsp3) is 0.462. The molecule has 0 radical (unpaired) electrons. The number of nitrogens with two attached hydrogens (primary N) is 2. The molecule has 0 saturated heterocycles. The summed E-state index contributed by atoms with van der Waals surface area (Å²) in [5.41, 5.74) is 15.0. The minimum absolute atomic E-state index is 0.00963. The highest BCUT2D eigenvalue weighted by Gasteiger charge is 2.45. The van der Waals surface area contributed by atoms with Gasteiger partial charge in [-0.3, -0.25) is 19.2 Å². The van der Waals surface area contributed by atoms with Crippen molar-refractivity contribution in [1.29, 1.82) is 0 Å². The average Bonchev–Trinajstić information content (AvgIpc) is 3.89. The van der Waals surface area contributed by atoms with Crippen molar-refractivity contribution in [2.45, 2.75) is 127 Å². The third kappa shape index (κ3) is 13.4. The molecule has 0 aromatic heterocycles. The van der Waals surface area contributed by atoms with Gasteiger partial charge in [-0.2, -0.15) is 0 Å². The molecule has 70 heavy (non-hydrogen) atoms. The predicted molar refractivity (Wildman–Crippen MR) is 251 cm³/mol. The van der Waals surface area contributed by atoms with Gasteiger partial charge in [-0.1, -0.05) is 125 Å². The maximum atomic E-state index is 15.0. The summed E-state index contributed by atoms with van der Waals surface area (Å²) >= 11 is 0. The van der Waals surface area contributed by atoms with E-state index in [-0.39, 0.29) is 35.8 Å². The van der Waals surface area contributed by atoms with Crippen molar-refractivity contribution in [2.75, 3.05) is 13.6 Å². The summed E-state index contributed by atoms with van der Waals surface area (Å²) in [6.45, 7) is 5.31. The number of benzene rings is 4. The summed E-state index contributed by atoms with van der Waals surface area (Å²) in [6, 6.07) is 21.9.